The molecule has 1 fully saturated rings. The summed E-state index contributed by atoms with van der Waals surface area (Å²) in [6.45, 7) is 21.7. The number of halogens is 3. The molecule has 0 radical (unpaired) electrons. The summed E-state index contributed by atoms with van der Waals surface area (Å²) < 4.78 is 7.75. The topological polar surface area (TPSA) is 47.4 Å². The Labute approximate surface area is 242 Å². The van der Waals surface area contributed by atoms with Crippen LogP contribution in [0.4, 0.5) is 4.79 Å². The van der Waals surface area contributed by atoms with Crippen molar-refractivity contribution in [2.45, 2.75) is 92.7 Å². The van der Waals surface area contributed by atoms with E-state index in [1.807, 2.05) is 53.7 Å². The lowest BCUT2D eigenvalue weighted by atomic mass is 9.96. The van der Waals surface area contributed by atoms with E-state index in [0.717, 1.165) is 48.0 Å². The van der Waals surface area contributed by atoms with Crippen LogP contribution in [0.15, 0.2) is 35.9 Å². The Bertz CT molecular complexity index is 1060. The minimum Gasteiger partial charge on any atom is -0.444 e. The summed E-state index contributed by atoms with van der Waals surface area (Å²) in [5.41, 5.74) is 3.88. The van der Waals surface area contributed by atoms with E-state index < -0.39 is 5.60 Å². The Kier molecular flexibility index (Phi) is 14.3. The van der Waals surface area contributed by atoms with E-state index in [2.05, 4.69) is 47.0 Å². The van der Waals surface area contributed by atoms with Crippen LogP contribution in [0.3, 0.4) is 0 Å². The number of allylic oxidation sites excluding steroid dienone is 3. The predicted octanol–water partition coefficient (Wildman–Crippen LogP) is 9.80. The van der Waals surface area contributed by atoms with Crippen molar-refractivity contribution in [2.75, 3.05) is 18.4 Å². The number of benzene rings is 1. The number of nitrogens with zero attached hydrogens (tertiary/aromatic N) is 3. The van der Waals surface area contributed by atoms with Crippen LogP contribution in [0.25, 0.3) is 11.0 Å². The Balaban J connectivity index is 0.000000752. The molecule has 0 saturated carbocycles. The minimum absolute atomic E-state index is 0.243. The highest BCUT2D eigenvalue weighted by atomic mass is 79.9. The van der Waals surface area contributed by atoms with Crippen LogP contribution in [-0.4, -0.2) is 44.6 Å². The smallest absolute Gasteiger partial charge is 0.410 e. The molecule has 8 heteroatoms. The normalized spacial score (nSPS) is 14.5. The van der Waals surface area contributed by atoms with Crippen LogP contribution < -0.4 is 0 Å². The van der Waals surface area contributed by atoms with Gasteiger partial charge in [-0.3, -0.25) is 0 Å². The van der Waals surface area contributed by atoms with Crippen molar-refractivity contribution in [3.63, 3.8) is 0 Å². The molecule has 0 unspecified atom stereocenters. The highest BCUT2D eigenvalue weighted by Crippen LogP contribution is 2.34. The third-order valence-corrected chi connectivity index (χ3v) is 7.44. The summed E-state index contributed by atoms with van der Waals surface area (Å²) in [5, 5.41) is 1.99. The van der Waals surface area contributed by atoms with E-state index in [1.54, 1.807) is 4.90 Å². The number of hydrogen-bond donors (Lipinski definition) is 0. The average Bonchev–Trinajstić information content (AvgIpc) is 3.20. The van der Waals surface area contributed by atoms with Gasteiger partial charge in [0, 0.05) is 30.9 Å². The maximum Gasteiger partial charge on any atom is 0.410 e. The van der Waals surface area contributed by atoms with Crippen molar-refractivity contribution in [1.82, 2.24) is 14.5 Å². The Morgan fingerprint density at radius 1 is 1.22 bits per heavy atom. The third kappa shape index (κ3) is 10.3. The third-order valence-electron chi connectivity index (χ3n) is 5.92. The summed E-state index contributed by atoms with van der Waals surface area (Å²) >= 11 is 15.8. The number of aromatic nitrogens is 2. The number of fused-ring (bicyclic) bond motifs is 1. The molecule has 1 aromatic heterocycles. The zero-order valence-electron chi connectivity index (χ0n) is 23.8. The van der Waals surface area contributed by atoms with Gasteiger partial charge in [-0.15, -0.1) is 0 Å². The Morgan fingerprint density at radius 3 is 2.24 bits per heavy atom. The highest BCUT2D eigenvalue weighted by molar-refractivity contribution is 9.09. The van der Waals surface area contributed by atoms with Crippen LogP contribution in [0.1, 0.15) is 86.4 Å². The second-order valence-electron chi connectivity index (χ2n) is 9.93. The summed E-state index contributed by atoms with van der Waals surface area (Å²) in [6.07, 6.45) is 4.65. The van der Waals surface area contributed by atoms with E-state index >= 15 is 0 Å². The molecule has 1 amide bonds. The van der Waals surface area contributed by atoms with Gasteiger partial charge in [0.2, 0.25) is 0 Å². The van der Waals surface area contributed by atoms with Crippen LogP contribution in [0.5, 0.6) is 0 Å². The quantitative estimate of drug-likeness (QED) is 0.248. The monoisotopic (exact) mass is 615 g/mol. The van der Waals surface area contributed by atoms with Crippen LogP contribution in [0.2, 0.25) is 10.0 Å². The molecular formula is C29H44BrCl2N3O2. The number of piperidine rings is 1. The maximum atomic E-state index is 12.4. The van der Waals surface area contributed by atoms with Crippen molar-refractivity contribution in [3.05, 3.63) is 51.8 Å². The number of alkyl halides is 1. The molecule has 0 N–H and O–H groups in total. The second-order valence-corrected chi connectivity index (χ2v) is 11.3. The minimum atomic E-state index is -0.482. The van der Waals surface area contributed by atoms with Crippen LogP contribution >= 0.6 is 39.1 Å². The van der Waals surface area contributed by atoms with E-state index in [4.69, 9.17) is 32.9 Å². The standard InChI is InChI=1S/C22H29Cl2N3O2.C5H9Br.C2H6/c1-6-14(2)13-27-19-12-17(24)16(23)11-18(19)25-20(27)15-7-9-26(10-8-15)21(28)29-22(3,4)5;1-3-5(2)4-6;1-2/h6,11-12,15H,7-10,13H2,1-5H3;2-4H2,1H3;1-2H3/b14-6+;;. The number of rotatable bonds is 5. The Morgan fingerprint density at radius 2 is 1.78 bits per heavy atom. The number of amides is 1. The molecule has 1 aliphatic rings. The van der Waals surface area contributed by atoms with Crippen molar-refractivity contribution < 1.29 is 9.53 Å². The average molecular weight is 618 g/mol. The first kappa shape index (κ1) is 33.5. The molecule has 0 spiro atoms. The van der Waals surface area contributed by atoms with E-state index in [0.29, 0.717) is 23.1 Å². The van der Waals surface area contributed by atoms with Gasteiger partial charge < -0.3 is 14.2 Å². The molecule has 0 atom stereocenters. The Hall–Kier alpha value is -1.50. The van der Waals surface area contributed by atoms with Crippen molar-refractivity contribution in [2.24, 2.45) is 0 Å². The lowest BCUT2D eigenvalue weighted by Gasteiger charge is -2.33. The summed E-state index contributed by atoms with van der Waals surface area (Å²) in [7, 11) is 0. The van der Waals surface area contributed by atoms with Crippen molar-refractivity contribution >= 4 is 56.3 Å². The molecule has 0 bridgehead atoms. The summed E-state index contributed by atoms with van der Waals surface area (Å²) in [4.78, 5) is 19.1. The molecule has 37 heavy (non-hydrogen) atoms. The highest BCUT2D eigenvalue weighted by Gasteiger charge is 2.30. The van der Waals surface area contributed by atoms with E-state index in [-0.39, 0.29) is 12.0 Å². The zero-order chi connectivity index (χ0) is 28.3. The van der Waals surface area contributed by atoms with E-state index in [1.165, 1.54) is 11.1 Å². The van der Waals surface area contributed by atoms with Gasteiger partial charge in [-0.05, 0) is 66.0 Å². The lowest BCUT2D eigenvalue weighted by molar-refractivity contribution is 0.0202. The van der Waals surface area contributed by atoms with Gasteiger partial charge in [0.05, 0.1) is 21.1 Å². The van der Waals surface area contributed by atoms with Gasteiger partial charge in [0.1, 0.15) is 11.4 Å². The van der Waals surface area contributed by atoms with Gasteiger partial charge in [-0.2, -0.15) is 0 Å². The molecule has 1 aromatic carbocycles. The SMILES string of the molecule is C/C=C(\C)Cn1c(C2CCN(C(=O)OC(C)(C)C)CC2)nc2cc(Cl)c(Cl)cc21.C=C(CC)CBr.CC. The first-order chi connectivity index (χ1) is 17.4. The molecule has 1 aliphatic heterocycles. The number of imidazole rings is 1. The van der Waals surface area contributed by atoms with Crippen molar-refractivity contribution in [1.29, 1.82) is 0 Å². The molecule has 5 nitrogen and oxygen atoms in total. The predicted molar refractivity (Wildman–Crippen MR) is 164 cm³/mol. The fraction of sp³-hybridized carbons (Fsp3) is 0.586. The molecular weight excluding hydrogens is 573 g/mol. The lowest BCUT2D eigenvalue weighted by Crippen LogP contribution is -2.41. The maximum absolute atomic E-state index is 12.4. The number of likely N-dealkylation sites (tertiary alicyclic amines) is 1. The van der Waals surface area contributed by atoms with Crippen molar-refractivity contribution in [3.8, 4) is 0 Å². The fourth-order valence-corrected chi connectivity index (χ4v) is 4.41. The van der Waals surface area contributed by atoms with Crippen LogP contribution in [0, 0.1) is 0 Å². The molecule has 2 aromatic rings. The van der Waals surface area contributed by atoms with E-state index in [9.17, 15) is 4.79 Å². The number of hydrogen-bond acceptors (Lipinski definition) is 3. The first-order valence-corrected chi connectivity index (χ1v) is 14.9. The molecule has 1 saturated heterocycles. The number of carbonyl (C=O) groups excluding carboxylic acids is 1. The van der Waals surface area contributed by atoms with Gasteiger partial charge in [0.15, 0.2) is 0 Å². The summed E-state index contributed by atoms with van der Waals surface area (Å²) in [5.74, 6) is 1.30. The summed E-state index contributed by atoms with van der Waals surface area (Å²) in [6, 6.07) is 3.73. The molecule has 2 heterocycles. The van der Waals surface area contributed by atoms with Gasteiger partial charge in [-0.1, -0.05) is 83.7 Å². The molecule has 0 aliphatic carbocycles. The molecule has 208 valence electrons. The van der Waals surface area contributed by atoms with Gasteiger partial charge in [0.25, 0.3) is 0 Å². The molecule has 3 rings (SSSR count). The second kappa shape index (κ2) is 15.8. The largest absolute Gasteiger partial charge is 0.444 e. The van der Waals surface area contributed by atoms with Gasteiger partial charge >= 0.3 is 6.09 Å². The van der Waals surface area contributed by atoms with Gasteiger partial charge in [-0.25, -0.2) is 9.78 Å². The fourth-order valence-electron chi connectivity index (χ4n) is 3.70. The zero-order valence-corrected chi connectivity index (χ0v) is 26.9. The number of carbonyl (C=O) groups is 1. The first-order valence-electron chi connectivity index (χ1n) is 13.1. The van der Waals surface area contributed by atoms with Crippen LogP contribution in [-0.2, 0) is 11.3 Å². The number of ether oxygens (including phenoxy) is 1.